The van der Waals surface area contributed by atoms with E-state index in [0.717, 1.165) is 22.6 Å². The molecule has 1 fully saturated rings. The molecule has 1 N–H and O–H groups in total. The minimum atomic E-state index is -0.710. The summed E-state index contributed by atoms with van der Waals surface area (Å²) in [6.45, 7) is 3.92. The maximum absolute atomic E-state index is 11.4. The lowest BCUT2D eigenvalue weighted by molar-refractivity contribution is -0.143. The third-order valence-corrected chi connectivity index (χ3v) is 5.48. The lowest BCUT2D eigenvalue weighted by Gasteiger charge is -2.37. The van der Waals surface area contributed by atoms with E-state index in [1.807, 2.05) is 49.4 Å². The van der Waals surface area contributed by atoms with Gasteiger partial charge in [-0.05, 0) is 68.8 Å². The molecular formula is C22H26ClNO4. The summed E-state index contributed by atoms with van der Waals surface area (Å²) in [4.78, 5) is 13.7. The molecule has 6 heteroatoms. The van der Waals surface area contributed by atoms with Crippen LogP contribution in [0, 0.1) is 5.92 Å². The minimum absolute atomic E-state index is 0.0686. The van der Waals surface area contributed by atoms with E-state index in [1.165, 1.54) is 0 Å². The van der Waals surface area contributed by atoms with Gasteiger partial charge in [-0.3, -0.25) is 9.69 Å². The number of halogens is 1. The SMILES string of the molecule is CCOc1ccc(Cl)cc1C(c1ccc(OC)cc1)N1CCC(C(=O)O)CC1. The van der Waals surface area contributed by atoms with Gasteiger partial charge in [-0.1, -0.05) is 23.7 Å². The number of carbonyl (C=O) groups is 1. The summed E-state index contributed by atoms with van der Waals surface area (Å²) < 4.78 is 11.2. The first-order valence-corrected chi connectivity index (χ1v) is 9.94. The summed E-state index contributed by atoms with van der Waals surface area (Å²) in [5.74, 6) is 0.605. The van der Waals surface area contributed by atoms with E-state index < -0.39 is 5.97 Å². The van der Waals surface area contributed by atoms with Crippen LogP contribution in [0.2, 0.25) is 5.02 Å². The van der Waals surface area contributed by atoms with Crippen molar-refractivity contribution in [2.24, 2.45) is 5.92 Å². The van der Waals surface area contributed by atoms with Gasteiger partial charge in [0.2, 0.25) is 0 Å². The van der Waals surface area contributed by atoms with Crippen molar-refractivity contribution >= 4 is 17.6 Å². The van der Waals surface area contributed by atoms with Crippen LogP contribution in [0.15, 0.2) is 42.5 Å². The fraction of sp³-hybridized carbons (Fsp3) is 0.409. The summed E-state index contributed by atoms with van der Waals surface area (Å²) in [5.41, 5.74) is 2.09. The van der Waals surface area contributed by atoms with E-state index in [1.54, 1.807) is 7.11 Å². The Bertz CT molecular complexity index is 801. The second kappa shape index (κ2) is 9.30. The number of carboxylic acids is 1. The minimum Gasteiger partial charge on any atom is -0.497 e. The van der Waals surface area contributed by atoms with E-state index >= 15 is 0 Å². The highest BCUT2D eigenvalue weighted by Gasteiger charge is 2.31. The van der Waals surface area contributed by atoms with Gasteiger partial charge >= 0.3 is 5.97 Å². The lowest BCUT2D eigenvalue weighted by atomic mass is 9.91. The number of methoxy groups -OCH3 is 1. The first-order chi connectivity index (χ1) is 13.5. The van der Waals surface area contributed by atoms with Crippen LogP contribution in [-0.2, 0) is 4.79 Å². The standard InChI is InChI=1S/C22H26ClNO4/c1-3-28-20-9-6-17(23)14-19(20)21(15-4-7-18(27-2)8-5-15)24-12-10-16(11-13-24)22(25)26/h4-9,14,16,21H,3,10-13H2,1-2H3,(H,25,26). The van der Waals surface area contributed by atoms with E-state index in [0.29, 0.717) is 37.6 Å². The first kappa shape index (κ1) is 20.5. The van der Waals surface area contributed by atoms with Crippen LogP contribution >= 0.6 is 11.6 Å². The number of hydrogen-bond donors (Lipinski definition) is 1. The molecule has 1 aliphatic rings. The van der Waals surface area contributed by atoms with Crippen LogP contribution in [0.3, 0.4) is 0 Å². The molecule has 1 heterocycles. The summed E-state index contributed by atoms with van der Waals surface area (Å²) in [5, 5.41) is 9.99. The molecule has 1 saturated heterocycles. The molecule has 0 aromatic heterocycles. The van der Waals surface area contributed by atoms with Crippen molar-refractivity contribution < 1.29 is 19.4 Å². The predicted molar refractivity (Wildman–Crippen MR) is 109 cm³/mol. The molecule has 0 amide bonds. The molecule has 0 aliphatic carbocycles. The number of carboxylic acid groups (broad SMARTS) is 1. The molecule has 0 radical (unpaired) electrons. The number of benzene rings is 2. The lowest BCUT2D eigenvalue weighted by Crippen LogP contribution is -2.39. The molecule has 0 saturated carbocycles. The normalized spacial score (nSPS) is 16.5. The average Bonchev–Trinajstić information content (AvgIpc) is 2.71. The topological polar surface area (TPSA) is 59.0 Å². The van der Waals surface area contributed by atoms with Crippen LogP contribution in [-0.4, -0.2) is 42.8 Å². The van der Waals surface area contributed by atoms with E-state index in [-0.39, 0.29) is 12.0 Å². The number of piperidine rings is 1. The maximum Gasteiger partial charge on any atom is 0.306 e. The fourth-order valence-electron chi connectivity index (χ4n) is 3.80. The second-order valence-corrected chi connectivity index (χ2v) is 7.38. The van der Waals surface area contributed by atoms with Gasteiger partial charge in [0.1, 0.15) is 11.5 Å². The number of ether oxygens (including phenoxy) is 2. The Kier molecular flexibility index (Phi) is 6.81. The van der Waals surface area contributed by atoms with Crippen molar-refractivity contribution in [1.82, 2.24) is 4.90 Å². The van der Waals surface area contributed by atoms with E-state index in [4.69, 9.17) is 21.1 Å². The maximum atomic E-state index is 11.4. The molecule has 1 atom stereocenters. The summed E-state index contributed by atoms with van der Waals surface area (Å²) in [6.07, 6.45) is 1.26. The van der Waals surface area contributed by atoms with Crippen molar-refractivity contribution in [1.29, 1.82) is 0 Å². The smallest absolute Gasteiger partial charge is 0.306 e. The summed E-state index contributed by atoms with van der Waals surface area (Å²) >= 11 is 6.33. The Morgan fingerprint density at radius 1 is 1.21 bits per heavy atom. The first-order valence-electron chi connectivity index (χ1n) is 9.56. The zero-order chi connectivity index (χ0) is 20.1. The average molecular weight is 404 g/mol. The van der Waals surface area contributed by atoms with Crippen LogP contribution in [0.25, 0.3) is 0 Å². The number of hydrogen-bond acceptors (Lipinski definition) is 4. The highest BCUT2D eigenvalue weighted by Crippen LogP contribution is 2.39. The molecule has 5 nitrogen and oxygen atoms in total. The van der Waals surface area contributed by atoms with Gasteiger partial charge in [-0.25, -0.2) is 0 Å². The van der Waals surface area contributed by atoms with Gasteiger partial charge < -0.3 is 14.6 Å². The molecule has 3 rings (SSSR count). The zero-order valence-electron chi connectivity index (χ0n) is 16.2. The highest BCUT2D eigenvalue weighted by molar-refractivity contribution is 6.30. The second-order valence-electron chi connectivity index (χ2n) is 6.94. The fourth-order valence-corrected chi connectivity index (χ4v) is 3.98. The van der Waals surface area contributed by atoms with Gasteiger partial charge in [0, 0.05) is 10.6 Å². The molecule has 2 aromatic carbocycles. The number of likely N-dealkylation sites (tertiary alicyclic amines) is 1. The van der Waals surface area contributed by atoms with Crippen LogP contribution in [0.4, 0.5) is 0 Å². The Hall–Kier alpha value is -2.24. The Morgan fingerprint density at radius 3 is 2.46 bits per heavy atom. The number of nitrogens with zero attached hydrogens (tertiary/aromatic N) is 1. The van der Waals surface area contributed by atoms with Crippen LogP contribution in [0.5, 0.6) is 11.5 Å². The third-order valence-electron chi connectivity index (χ3n) is 5.24. The van der Waals surface area contributed by atoms with Crippen molar-refractivity contribution in [3.05, 3.63) is 58.6 Å². The molecule has 28 heavy (non-hydrogen) atoms. The zero-order valence-corrected chi connectivity index (χ0v) is 17.0. The molecule has 0 bridgehead atoms. The number of rotatable bonds is 7. The monoisotopic (exact) mass is 403 g/mol. The predicted octanol–water partition coefficient (Wildman–Crippen LogP) is 4.63. The van der Waals surface area contributed by atoms with Gasteiger partial charge in [0.25, 0.3) is 0 Å². The third kappa shape index (κ3) is 4.59. The van der Waals surface area contributed by atoms with Crippen LogP contribution in [0.1, 0.15) is 36.9 Å². The molecule has 1 aliphatic heterocycles. The molecule has 2 aromatic rings. The largest absolute Gasteiger partial charge is 0.497 e. The van der Waals surface area contributed by atoms with Crippen LogP contribution < -0.4 is 9.47 Å². The van der Waals surface area contributed by atoms with E-state index in [9.17, 15) is 9.90 Å². The molecule has 150 valence electrons. The van der Waals surface area contributed by atoms with Crippen molar-refractivity contribution in [2.45, 2.75) is 25.8 Å². The Morgan fingerprint density at radius 2 is 1.89 bits per heavy atom. The molecule has 0 spiro atoms. The van der Waals surface area contributed by atoms with E-state index in [2.05, 4.69) is 4.90 Å². The quantitative estimate of drug-likeness (QED) is 0.730. The molecule has 1 unspecified atom stereocenters. The van der Waals surface area contributed by atoms with Crippen molar-refractivity contribution in [3.63, 3.8) is 0 Å². The van der Waals surface area contributed by atoms with Gasteiger partial charge in [-0.2, -0.15) is 0 Å². The van der Waals surface area contributed by atoms with Gasteiger partial charge in [-0.15, -0.1) is 0 Å². The van der Waals surface area contributed by atoms with Gasteiger partial charge in [0.05, 0.1) is 25.7 Å². The summed E-state index contributed by atoms with van der Waals surface area (Å²) in [7, 11) is 1.65. The Labute approximate surface area is 170 Å². The number of aliphatic carboxylic acids is 1. The summed E-state index contributed by atoms with van der Waals surface area (Å²) in [6, 6.07) is 13.6. The van der Waals surface area contributed by atoms with Crippen molar-refractivity contribution in [2.75, 3.05) is 26.8 Å². The van der Waals surface area contributed by atoms with Crippen molar-refractivity contribution in [3.8, 4) is 11.5 Å². The highest BCUT2D eigenvalue weighted by atomic mass is 35.5. The Balaban J connectivity index is 2.00. The molecular weight excluding hydrogens is 378 g/mol. The van der Waals surface area contributed by atoms with Gasteiger partial charge in [0.15, 0.2) is 0 Å².